The van der Waals surface area contributed by atoms with Gasteiger partial charge in [-0.3, -0.25) is 4.79 Å². The maximum Gasteiger partial charge on any atom is 0.309 e. The molecule has 156 valence electrons. The minimum Gasteiger partial charge on any atom is -0.461 e. The molecule has 2 fully saturated rings. The minimum absolute atomic E-state index is 0.000338. The molecule has 7 heteroatoms. The summed E-state index contributed by atoms with van der Waals surface area (Å²) in [4.78, 5) is 18.3. The number of carbonyl (C=O) groups excluding carboxylic acids is 1. The van der Waals surface area contributed by atoms with Crippen LogP contribution in [0.1, 0.15) is 75.9 Å². The van der Waals surface area contributed by atoms with Gasteiger partial charge in [0.05, 0.1) is 16.4 Å². The van der Waals surface area contributed by atoms with Crippen molar-refractivity contribution in [3.8, 4) is 0 Å². The molecule has 4 rings (SSSR count). The molecule has 2 aliphatic carbocycles. The zero-order valence-corrected chi connectivity index (χ0v) is 19.2. The van der Waals surface area contributed by atoms with Gasteiger partial charge < -0.3 is 4.74 Å². The van der Waals surface area contributed by atoms with E-state index >= 15 is 0 Å². The van der Waals surface area contributed by atoms with Gasteiger partial charge in [0.2, 0.25) is 0 Å². The molecule has 5 nitrogen and oxygen atoms in total. The average molecular weight is 426 g/mol. The summed E-state index contributed by atoms with van der Waals surface area (Å²) in [6.07, 6.45) is 2.97. The minimum atomic E-state index is -3.26. The van der Waals surface area contributed by atoms with E-state index in [4.69, 9.17) is 9.72 Å². The molecular weight excluding hydrogens is 394 g/mol. The smallest absolute Gasteiger partial charge is 0.309 e. The van der Waals surface area contributed by atoms with E-state index in [1.165, 1.54) is 4.88 Å². The molecule has 0 unspecified atom stereocenters. The van der Waals surface area contributed by atoms with E-state index in [1.807, 2.05) is 6.92 Å². The number of hydrogen-bond donors (Lipinski definition) is 0. The van der Waals surface area contributed by atoms with Gasteiger partial charge in [-0.05, 0) is 45.4 Å². The van der Waals surface area contributed by atoms with E-state index in [9.17, 15) is 13.2 Å². The molecule has 1 saturated heterocycles. The van der Waals surface area contributed by atoms with Gasteiger partial charge in [0.25, 0.3) is 0 Å². The number of rotatable bonds is 2. The Morgan fingerprint density at radius 1 is 1.25 bits per heavy atom. The lowest BCUT2D eigenvalue weighted by Gasteiger charge is -2.51. The molecular formula is C21H31NO4S2. The third-order valence-corrected chi connectivity index (χ3v) is 11.2. The molecule has 1 saturated carbocycles. The summed E-state index contributed by atoms with van der Waals surface area (Å²) in [5.74, 6) is 0.636. The van der Waals surface area contributed by atoms with Crippen LogP contribution in [0.15, 0.2) is 0 Å². The van der Waals surface area contributed by atoms with Crippen LogP contribution < -0.4 is 0 Å². The van der Waals surface area contributed by atoms with Crippen LogP contribution in [0.25, 0.3) is 0 Å². The first kappa shape index (κ1) is 20.3. The fraction of sp³-hybridized carbons (Fsp3) is 0.810. The summed E-state index contributed by atoms with van der Waals surface area (Å²) < 4.78 is 30.4. The van der Waals surface area contributed by atoms with Gasteiger partial charge in [-0.1, -0.05) is 20.8 Å². The van der Waals surface area contributed by atoms with Crippen molar-refractivity contribution in [3.63, 3.8) is 0 Å². The van der Waals surface area contributed by atoms with Crippen molar-refractivity contribution in [1.29, 1.82) is 0 Å². The third-order valence-electron chi connectivity index (χ3n) is 7.45. The highest BCUT2D eigenvalue weighted by molar-refractivity contribution is 7.92. The SMILES string of the molecule is C[C@@H]1C(=O)O[C@H]2[C@H]1CC[C@@]1(C)Cc3sc(CS(=O)(=O)C(C)(C)C)nc3[C@@H](C)[C@H]21. The van der Waals surface area contributed by atoms with Crippen LogP contribution in [0.4, 0.5) is 0 Å². The van der Waals surface area contributed by atoms with Crippen LogP contribution >= 0.6 is 11.3 Å². The van der Waals surface area contributed by atoms with Crippen molar-refractivity contribution < 1.29 is 17.9 Å². The first-order chi connectivity index (χ1) is 12.8. The second-order valence-electron chi connectivity index (χ2n) is 10.3. The van der Waals surface area contributed by atoms with Crippen molar-refractivity contribution in [2.75, 3.05) is 0 Å². The highest BCUT2D eigenvalue weighted by atomic mass is 32.2. The van der Waals surface area contributed by atoms with Gasteiger partial charge in [-0.2, -0.15) is 0 Å². The van der Waals surface area contributed by atoms with Gasteiger partial charge in [0.1, 0.15) is 16.9 Å². The normalized spacial score (nSPS) is 37.8. The molecule has 0 amide bonds. The molecule has 0 spiro atoms. The van der Waals surface area contributed by atoms with E-state index in [-0.39, 0.29) is 41.0 Å². The van der Waals surface area contributed by atoms with Crippen LogP contribution in [0, 0.1) is 23.2 Å². The van der Waals surface area contributed by atoms with Gasteiger partial charge in [-0.25, -0.2) is 13.4 Å². The third kappa shape index (κ3) is 2.95. The Morgan fingerprint density at radius 3 is 2.57 bits per heavy atom. The topological polar surface area (TPSA) is 73.3 Å². The molecule has 1 aromatic heterocycles. The van der Waals surface area contributed by atoms with Crippen LogP contribution in [-0.4, -0.2) is 30.2 Å². The quantitative estimate of drug-likeness (QED) is 0.667. The largest absolute Gasteiger partial charge is 0.461 e. The van der Waals surface area contributed by atoms with E-state index in [1.54, 1.807) is 32.1 Å². The van der Waals surface area contributed by atoms with Gasteiger partial charge >= 0.3 is 5.97 Å². The standard InChI is InChI=1S/C21H31NO4S2/c1-11-13-7-8-21(6)9-14-17(12(2)16(21)18(13)26-19(11)23)22-15(27-14)10-28(24,25)20(3,4)5/h11-13,16,18H,7-10H2,1-6H3/t11-,12-,13-,16+,18-,21-/m0/s1. The second-order valence-corrected chi connectivity index (χ2v) is 14.2. The maximum absolute atomic E-state index is 12.7. The van der Waals surface area contributed by atoms with Crippen molar-refractivity contribution in [2.45, 2.75) is 83.3 Å². The molecule has 1 aromatic rings. The van der Waals surface area contributed by atoms with Gasteiger partial charge in [0, 0.05) is 22.6 Å². The summed E-state index contributed by atoms with van der Waals surface area (Å²) >= 11 is 1.56. The second kappa shape index (κ2) is 6.27. The lowest BCUT2D eigenvalue weighted by atomic mass is 9.54. The zero-order valence-electron chi connectivity index (χ0n) is 17.6. The monoisotopic (exact) mass is 425 g/mol. The van der Waals surface area contributed by atoms with Crippen LogP contribution in [-0.2, 0) is 31.5 Å². The Bertz CT molecular complexity index is 913. The summed E-state index contributed by atoms with van der Waals surface area (Å²) in [6.45, 7) is 11.7. The Balaban J connectivity index is 1.68. The number of ether oxygens (including phenoxy) is 1. The number of fused-ring (bicyclic) bond motifs is 4. The molecule has 2 heterocycles. The van der Waals surface area contributed by atoms with E-state index in [0.717, 1.165) is 25.0 Å². The van der Waals surface area contributed by atoms with Crippen LogP contribution in [0.5, 0.6) is 0 Å². The first-order valence-corrected chi connectivity index (χ1v) is 12.7. The molecule has 3 aliphatic rings. The predicted octanol–water partition coefficient (Wildman–Crippen LogP) is 4.11. The number of nitrogens with zero attached hydrogens (tertiary/aromatic N) is 1. The fourth-order valence-corrected chi connectivity index (χ4v) is 8.26. The Hall–Kier alpha value is -0.950. The Morgan fingerprint density at radius 2 is 1.93 bits per heavy atom. The highest BCUT2D eigenvalue weighted by Crippen LogP contribution is 2.59. The number of hydrogen-bond acceptors (Lipinski definition) is 6. The Labute approximate surface area is 172 Å². The van der Waals surface area contributed by atoms with Gasteiger partial charge in [-0.15, -0.1) is 11.3 Å². The molecule has 1 aliphatic heterocycles. The number of thiazole rings is 1. The predicted molar refractivity (Wildman–Crippen MR) is 110 cm³/mol. The average Bonchev–Trinajstić information content (AvgIpc) is 3.06. The number of aromatic nitrogens is 1. The van der Waals surface area contributed by atoms with E-state index in [0.29, 0.717) is 10.9 Å². The summed E-state index contributed by atoms with van der Waals surface area (Å²) in [5, 5.41) is 0.697. The molecule has 0 aromatic carbocycles. The molecule has 28 heavy (non-hydrogen) atoms. The number of carbonyl (C=O) groups is 1. The molecule has 0 radical (unpaired) electrons. The summed E-state index contributed by atoms with van der Waals surface area (Å²) in [5.41, 5.74) is 1.10. The van der Waals surface area contributed by atoms with Crippen molar-refractivity contribution in [1.82, 2.24) is 4.98 Å². The number of sulfone groups is 1. The maximum atomic E-state index is 12.7. The van der Waals surface area contributed by atoms with E-state index in [2.05, 4.69) is 13.8 Å². The van der Waals surface area contributed by atoms with Crippen molar-refractivity contribution >= 4 is 27.1 Å². The van der Waals surface area contributed by atoms with Crippen molar-refractivity contribution in [3.05, 3.63) is 15.6 Å². The molecule has 6 atom stereocenters. The van der Waals surface area contributed by atoms with E-state index < -0.39 is 14.6 Å². The lowest BCUT2D eigenvalue weighted by Crippen LogP contribution is -2.50. The summed E-state index contributed by atoms with van der Waals surface area (Å²) in [7, 11) is -3.26. The first-order valence-electron chi connectivity index (χ1n) is 10.3. The molecule has 0 bridgehead atoms. The zero-order chi connectivity index (χ0) is 20.6. The highest BCUT2D eigenvalue weighted by Gasteiger charge is 2.58. The summed E-state index contributed by atoms with van der Waals surface area (Å²) in [6, 6.07) is 0. The molecule has 0 N–H and O–H groups in total. The number of esters is 1. The van der Waals surface area contributed by atoms with Gasteiger partial charge in [0.15, 0.2) is 9.84 Å². The fourth-order valence-electron chi connectivity index (χ4n) is 5.57. The lowest BCUT2D eigenvalue weighted by molar-refractivity contribution is -0.149. The Kier molecular flexibility index (Phi) is 4.55. The van der Waals surface area contributed by atoms with Crippen LogP contribution in [0.3, 0.4) is 0 Å². The van der Waals surface area contributed by atoms with Crippen LogP contribution in [0.2, 0.25) is 0 Å². The van der Waals surface area contributed by atoms with Crippen molar-refractivity contribution in [2.24, 2.45) is 23.2 Å².